The van der Waals surface area contributed by atoms with Crippen LogP contribution in [0.25, 0.3) is 10.9 Å². The zero-order valence-electron chi connectivity index (χ0n) is 16.2. The lowest BCUT2D eigenvalue weighted by Crippen LogP contribution is -3.13. The van der Waals surface area contributed by atoms with Crippen LogP contribution < -0.4 is 10.5 Å². The number of quaternary nitrogens is 1. The molecule has 2 N–H and O–H groups in total. The molecule has 2 aromatic carbocycles. The van der Waals surface area contributed by atoms with Crippen molar-refractivity contribution in [3.63, 3.8) is 0 Å². The Balaban J connectivity index is 1.39. The molecule has 1 aromatic heterocycles. The number of hydrogen-bond donors (Lipinski definition) is 2. The molecule has 1 amide bonds. The summed E-state index contributed by atoms with van der Waals surface area (Å²) in [6, 6.07) is 16.0. The van der Waals surface area contributed by atoms with Gasteiger partial charge in [0.05, 0.1) is 31.7 Å². The summed E-state index contributed by atoms with van der Waals surface area (Å²) in [6.07, 6.45) is 0.755. The van der Waals surface area contributed by atoms with Crippen LogP contribution in [0.2, 0.25) is 0 Å². The van der Waals surface area contributed by atoms with E-state index in [1.807, 2.05) is 30.3 Å². The van der Waals surface area contributed by atoms with E-state index in [1.54, 1.807) is 15.5 Å². The maximum Gasteiger partial charge on any atom is 0.267 e. The summed E-state index contributed by atoms with van der Waals surface area (Å²) >= 11 is 0. The van der Waals surface area contributed by atoms with E-state index < -0.39 is 0 Å². The Hall–Kier alpha value is -3.12. The fraction of sp³-hybridized carbons (Fsp3) is 0.304. The summed E-state index contributed by atoms with van der Waals surface area (Å²) in [5.74, 6) is -0.525. The minimum absolute atomic E-state index is 0.0805. The summed E-state index contributed by atoms with van der Waals surface area (Å²) in [4.78, 5) is 29.3. The average molecular weight is 390 g/mol. The third-order valence-corrected chi connectivity index (χ3v) is 6.21. The van der Waals surface area contributed by atoms with E-state index in [-0.39, 0.29) is 22.8 Å². The molecule has 6 heteroatoms. The first-order valence-corrected chi connectivity index (χ1v) is 10.2. The number of amides is 1. The van der Waals surface area contributed by atoms with Gasteiger partial charge in [-0.15, -0.1) is 0 Å². The van der Waals surface area contributed by atoms with Crippen LogP contribution in [0.1, 0.15) is 21.5 Å². The van der Waals surface area contributed by atoms with Crippen molar-refractivity contribution in [2.75, 3.05) is 26.2 Å². The second-order valence-electron chi connectivity index (χ2n) is 7.95. The Bertz CT molecular complexity index is 1150. The average Bonchev–Trinajstić information content (AvgIpc) is 3.19. The number of aryl methyl sites for hydroxylation is 2. The number of benzene rings is 2. The lowest BCUT2D eigenvalue weighted by Gasteiger charge is -2.32. The zero-order valence-corrected chi connectivity index (χ0v) is 16.2. The van der Waals surface area contributed by atoms with Crippen LogP contribution in [-0.4, -0.2) is 46.7 Å². The molecular weight excluding hydrogens is 366 g/mol. The van der Waals surface area contributed by atoms with E-state index in [9.17, 15) is 14.7 Å². The molecular formula is C23H24N3O3+. The predicted octanol–water partition coefficient (Wildman–Crippen LogP) is 0.804. The number of carbonyl (C=O) groups excluding carboxylic acids is 1. The molecule has 0 saturated carbocycles. The van der Waals surface area contributed by atoms with Gasteiger partial charge in [0.2, 0.25) is 0 Å². The van der Waals surface area contributed by atoms with E-state index in [2.05, 4.69) is 12.1 Å². The molecule has 1 fully saturated rings. The highest BCUT2D eigenvalue weighted by molar-refractivity contribution is 6.03. The fourth-order valence-electron chi connectivity index (χ4n) is 4.66. The molecule has 2 aliphatic heterocycles. The first-order valence-electron chi connectivity index (χ1n) is 10.2. The third-order valence-electron chi connectivity index (χ3n) is 6.21. The van der Waals surface area contributed by atoms with Gasteiger partial charge in [0.25, 0.3) is 11.5 Å². The first kappa shape index (κ1) is 17.9. The number of nitrogens with one attached hydrogen (secondary N) is 1. The molecule has 0 spiro atoms. The van der Waals surface area contributed by atoms with Crippen molar-refractivity contribution in [2.24, 2.45) is 0 Å². The van der Waals surface area contributed by atoms with E-state index in [4.69, 9.17) is 0 Å². The minimum Gasteiger partial charge on any atom is -0.506 e. The summed E-state index contributed by atoms with van der Waals surface area (Å²) in [5, 5.41) is 11.4. The number of hydrogen-bond acceptors (Lipinski definition) is 3. The highest BCUT2D eigenvalue weighted by atomic mass is 16.3. The van der Waals surface area contributed by atoms with Crippen molar-refractivity contribution in [1.29, 1.82) is 0 Å². The van der Waals surface area contributed by atoms with E-state index in [0.717, 1.165) is 37.1 Å². The summed E-state index contributed by atoms with van der Waals surface area (Å²) in [7, 11) is 0. The predicted molar refractivity (Wildman–Crippen MR) is 110 cm³/mol. The largest absolute Gasteiger partial charge is 0.506 e. The number of rotatable bonds is 3. The maximum atomic E-state index is 13.2. The molecule has 6 nitrogen and oxygen atoms in total. The van der Waals surface area contributed by atoms with Gasteiger partial charge in [-0.05, 0) is 18.1 Å². The van der Waals surface area contributed by atoms with Crippen LogP contribution in [0.3, 0.4) is 0 Å². The Morgan fingerprint density at radius 3 is 2.52 bits per heavy atom. The van der Waals surface area contributed by atoms with Crippen molar-refractivity contribution in [3.8, 4) is 5.75 Å². The van der Waals surface area contributed by atoms with E-state index >= 15 is 0 Å². The van der Waals surface area contributed by atoms with E-state index in [1.165, 1.54) is 10.5 Å². The molecule has 0 bridgehead atoms. The molecule has 0 unspecified atom stereocenters. The molecule has 0 aliphatic carbocycles. The Labute approximate surface area is 168 Å². The molecule has 0 atom stereocenters. The standard InChI is InChI=1S/C23H23N3O3/c27-21-18-8-4-7-17-9-10-26(20(17)18)23(29)19(21)22(28)25-13-11-24(12-14-25)15-16-5-2-1-3-6-16/h1-8,27H,9-15H2/p+1. The van der Waals surface area contributed by atoms with Crippen molar-refractivity contribution in [3.05, 3.63) is 75.6 Å². The maximum absolute atomic E-state index is 13.2. The van der Waals surface area contributed by atoms with Crippen molar-refractivity contribution < 1.29 is 14.8 Å². The summed E-state index contributed by atoms with van der Waals surface area (Å²) < 4.78 is 1.65. The Kier molecular flexibility index (Phi) is 4.36. The molecule has 3 heterocycles. The number of pyridine rings is 1. The van der Waals surface area contributed by atoms with Gasteiger partial charge >= 0.3 is 0 Å². The normalized spacial score (nSPS) is 16.5. The molecule has 1 saturated heterocycles. The smallest absolute Gasteiger partial charge is 0.267 e. The minimum atomic E-state index is -0.371. The van der Waals surface area contributed by atoms with Crippen molar-refractivity contribution in [2.45, 2.75) is 19.5 Å². The third kappa shape index (κ3) is 3.00. The molecule has 0 radical (unpaired) electrons. The number of para-hydroxylation sites is 1. The second kappa shape index (κ2) is 7.04. The van der Waals surface area contributed by atoms with E-state index in [0.29, 0.717) is 25.0 Å². The monoisotopic (exact) mass is 390 g/mol. The first-order chi connectivity index (χ1) is 14.1. The van der Waals surface area contributed by atoms with Gasteiger partial charge in [-0.3, -0.25) is 9.59 Å². The molecule has 148 valence electrons. The van der Waals surface area contributed by atoms with Crippen LogP contribution in [0.4, 0.5) is 0 Å². The number of carbonyl (C=O) groups is 1. The molecule has 3 aromatic rings. The van der Waals surface area contributed by atoms with Crippen molar-refractivity contribution >= 4 is 16.8 Å². The van der Waals surface area contributed by atoms with Crippen LogP contribution in [0, 0.1) is 0 Å². The van der Waals surface area contributed by atoms with Gasteiger partial charge < -0.3 is 19.5 Å². The van der Waals surface area contributed by atoms with Gasteiger partial charge in [0.15, 0.2) is 0 Å². The van der Waals surface area contributed by atoms with Gasteiger partial charge in [0, 0.05) is 17.5 Å². The highest BCUT2D eigenvalue weighted by Crippen LogP contribution is 2.32. The van der Waals surface area contributed by atoms with Gasteiger partial charge in [-0.1, -0.05) is 42.5 Å². The summed E-state index contributed by atoms with van der Waals surface area (Å²) in [5.41, 5.74) is 2.65. The number of nitrogens with zero attached hydrogens (tertiary/aromatic N) is 2. The lowest BCUT2D eigenvalue weighted by atomic mass is 10.1. The number of aromatic nitrogens is 1. The van der Waals surface area contributed by atoms with Crippen LogP contribution >= 0.6 is 0 Å². The quantitative estimate of drug-likeness (QED) is 0.695. The molecule has 2 aliphatic rings. The fourth-order valence-corrected chi connectivity index (χ4v) is 4.66. The Morgan fingerprint density at radius 2 is 1.76 bits per heavy atom. The number of piperazine rings is 1. The summed E-state index contributed by atoms with van der Waals surface area (Å²) in [6.45, 7) is 4.31. The van der Waals surface area contributed by atoms with Gasteiger partial charge in [-0.2, -0.15) is 0 Å². The molecule has 5 rings (SSSR count). The van der Waals surface area contributed by atoms with Gasteiger partial charge in [-0.25, -0.2) is 0 Å². The number of aromatic hydroxyl groups is 1. The topological polar surface area (TPSA) is 67.0 Å². The lowest BCUT2D eigenvalue weighted by molar-refractivity contribution is -0.917. The van der Waals surface area contributed by atoms with Gasteiger partial charge in [0.1, 0.15) is 17.9 Å². The second-order valence-corrected chi connectivity index (χ2v) is 7.95. The van der Waals surface area contributed by atoms with Crippen molar-refractivity contribution in [1.82, 2.24) is 9.47 Å². The SMILES string of the molecule is O=C(c1c(O)c2cccc3c2n(c1=O)CC3)N1CC[NH+](Cc2ccccc2)CC1. The van der Waals surface area contributed by atoms with Crippen LogP contribution in [0.15, 0.2) is 53.3 Å². The van der Waals surface area contributed by atoms with Crippen LogP contribution in [0.5, 0.6) is 5.75 Å². The highest BCUT2D eigenvalue weighted by Gasteiger charge is 2.31. The molecule has 29 heavy (non-hydrogen) atoms. The Morgan fingerprint density at radius 1 is 1.00 bits per heavy atom. The zero-order chi connectivity index (χ0) is 20.0. The van der Waals surface area contributed by atoms with Crippen LogP contribution in [-0.2, 0) is 19.5 Å².